The number of nitrogens with two attached hydrogens (primary N) is 1. The van der Waals surface area contributed by atoms with Crippen LogP contribution in [0.5, 0.6) is 0 Å². The highest BCUT2D eigenvalue weighted by atomic mass is 35.5. The smallest absolute Gasteiger partial charge is 0.0603 e. The summed E-state index contributed by atoms with van der Waals surface area (Å²) in [6.07, 6.45) is 0.994. The average Bonchev–Trinajstić information content (AvgIpc) is 2.19. The zero-order chi connectivity index (χ0) is 10.6. The van der Waals surface area contributed by atoms with Gasteiger partial charge in [0, 0.05) is 16.7 Å². The topological polar surface area (TPSA) is 26.0 Å². The molecule has 1 aromatic carbocycles. The van der Waals surface area contributed by atoms with Gasteiger partial charge in [-0.15, -0.1) is 11.8 Å². The van der Waals surface area contributed by atoms with Crippen LogP contribution in [0.1, 0.15) is 13.3 Å². The molecule has 1 atom stereocenters. The highest BCUT2D eigenvalue weighted by Gasteiger charge is 2.03. The van der Waals surface area contributed by atoms with Gasteiger partial charge in [0.2, 0.25) is 0 Å². The van der Waals surface area contributed by atoms with Crippen molar-refractivity contribution in [2.45, 2.75) is 24.3 Å². The second-order valence-electron chi connectivity index (χ2n) is 3.06. The summed E-state index contributed by atoms with van der Waals surface area (Å²) in [5.74, 6) is 0.911. The highest BCUT2D eigenvalue weighted by Crippen LogP contribution is 2.28. The van der Waals surface area contributed by atoms with Crippen molar-refractivity contribution in [2.75, 3.05) is 5.75 Å². The summed E-state index contributed by atoms with van der Waals surface area (Å²) in [6, 6.07) is 5.89. The summed E-state index contributed by atoms with van der Waals surface area (Å²) in [5, 5.41) is 1.19. The Kier molecular flexibility index (Phi) is 5.10. The van der Waals surface area contributed by atoms with Gasteiger partial charge in [-0.3, -0.25) is 0 Å². The van der Waals surface area contributed by atoms with Crippen LogP contribution in [-0.4, -0.2) is 11.8 Å². The number of hydrogen-bond acceptors (Lipinski definition) is 2. The molecule has 0 aromatic heterocycles. The van der Waals surface area contributed by atoms with Gasteiger partial charge in [0.05, 0.1) is 10.0 Å². The van der Waals surface area contributed by atoms with E-state index in [0.29, 0.717) is 10.0 Å². The van der Waals surface area contributed by atoms with E-state index in [-0.39, 0.29) is 6.04 Å². The van der Waals surface area contributed by atoms with Crippen molar-refractivity contribution in [2.24, 2.45) is 5.73 Å². The fourth-order valence-corrected chi connectivity index (χ4v) is 2.26. The first-order chi connectivity index (χ1) is 6.63. The van der Waals surface area contributed by atoms with E-state index < -0.39 is 0 Å². The molecule has 0 saturated carbocycles. The van der Waals surface area contributed by atoms with Gasteiger partial charge in [-0.25, -0.2) is 0 Å². The highest BCUT2D eigenvalue weighted by molar-refractivity contribution is 7.99. The Morgan fingerprint density at radius 1 is 1.36 bits per heavy atom. The molecule has 0 fully saturated rings. The first-order valence-corrected chi connectivity index (χ1v) is 6.21. The van der Waals surface area contributed by atoms with Crippen LogP contribution in [0.3, 0.4) is 0 Å². The van der Waals surface area contributed by atoms with E-state index in [4.69, 9.17) is 28.9 Å². The molecule has 0 bridgehead atoms. The van der Waals surface area contributed by atoms with E-state index in [9.17, 15) is 0 Å². The molecule has 1 unspecified atom stereocenters. The van der Waals surface area contributed by atoms with Crippen molar-refractivity contribution >= 4 is 35.0 Å². The van der Waals surface area contributed by atoms with Crippen LogP contribution in [0.15, 0.2) is 23.1 Å². The normalized spacial score (nSPS) is 12.9. The molecule has 0 amide bonds. The van der Waals surface area contributed by atoms with Crippen LogP contribution in [0.2, 0.25) is 10.0 Å². The largest absolute Gasteiger partial charge is 0.327 e. The SMILES string of the molecule is CCC(N)CSc1ccc(Cl)c(Cl)c1. The van der Waals surface area contributed by atoms with Crippen LogP contribution in [0.4, 0.5) is 0 Å². The lowest BCUT2D eigenvalue weighted by molar-refractivity contribution is 0.725. The lowest BCUT2D eigenvalue weighted by Crippen LogP contribution is -2.21. The third-order valence-corrected chi connectivity index (χ3v) is 3.80. The molecule has 1 rings (SSSR count). The maximum atomic E-state index is 5.89. The van der Waals surface area contributed by atoms with Gasteiger partial charge in [0.1, 0.15) is 0 Å². The van der Waals surface area contributed by atoms with E-state index in [2.05, 4.69) is 6.92 Å². The monoisotopic (exact) mass is 249 g/mol. The van der Waals surface area contributed by atoms with Gasteiger partial charge < -0.3 is 5.73 Å². The number of thioether (sulfide) groups is 1. The Morgan fingerprint density at radius 2 is 2.07 bits per heavy atom. The van der Waals surface area contributed by atoms with Crippen molar-refractivity contribution in [3.05, 3.63) is 28.2 Å². The maximum absolute atomic E-state index is 5.89. The van der Waals surface area contributed by atoms with Gasteiger partial charge in [-0.2, -0.15) is 0 Å². The first kappa shape index (κ1) is 12.2. The molecule has 0 spiro atoms. The van der Waals surface area contributed by atoms with Crippen LogP contribution in [-0.2, 0) is 0 Å². The van der Waals surface area contributed by atoms with E-state index in [1.807, 2.05) is 18.2 Å². The standard InChI is InChI=1S/C10H13Cl2NS/c1-2-7(13)6-14-8-3-4-9(11)10(12)5-8/h3-5,7H,2,6,13H2,1H3. The summed E-state index contributed by atoms with van der Waals surface area (Å²) in [6.45, 7) is 2.08. The Morgan fingerprint density at radius 3 is 2.64 bits per heavy atom. The third-order valence-electron chi connectivity index (χ3n) is 1.88. The lowest BCUT2D eigenvalue weighted by Gasteiger charge is -2.08. The fraction of sp³-hybridized carbons (Fsp3) is 0.400. The van der Waals surface area contributed by atoms with Crippen LogP contribution in [0.25, 0.3) is 0 Å². The molecule has 2 N–H and O–H groups in total. The molecule has 0 aliphatic carbocycles. The summed E-state index contributed by atoms with van der Waals surface area (Å²) in [7, 11) is 0. The molecule has 1 nitrogen and oxygen atoms in total. The second-order valence-corrected chi connectivity index (χ2v) is 4.96. The zero-order valence-corrected chi connectivity index (χ0v) is 10.3. The Hall–Kier alpha value is 0.110. The Bertz CT molecular complexity index is 304. The zero-order valence-electron chi connectivity index (χ0n) is 7.97. The van der Waals surface area contributed by atoms with Gasteiger partial charge >= 0.3 is 0 Å². The Balaban J connectivity index is 2.55. The molecule has 0 heterocycles. The molecule has 4 heteroatoms. The lowest BCUT2D eigenvalue weighted by atomic mass is 10.3. The van der Waals surface area contributed by atoms with E-state index >= 15 is 0 Å². The molecule has 0 aliphatic rings. The predicted octanol–water partition coefficient (Wildman–Crippen LogP) is 3.82. The second kappa shape index (κ2) is 5.86. The van der Waals surface area contributed by atoms with Gasteiger partial charge in [0.15, 0.2) is 0 Å². The number of rotatable bonds is 4. The van der Waals surface area contributed by atoms with Crippen LogP contribution in [0, 0.1) is 0 Å². The van der Waals surface area contributed by atoms with E-state index in [0.717, 1.165) is 17.1 Å². The molecular weight excluding hydrogens is 237 g/mol. The van der Waals surface area contributed by atoms with Crippen molar-refractivity contribution in [3.8, 4) is 0 Å². The minimum atomic E-state index is 0.245. The van der Waals surface area contributed by atoms with Gasteiger partial charge in [0.25, 0.3) is 0 Å². The molecule has 0 radical (unpaired) electrons. The number of hydrogen-bond donors (Lipinski definition) is 1. The first-order valence-electron chi connectivity index (χ1n) is 4.47. The molecule has 0 saturated heterocycles. The minimum Gasteiger partial charge on any atom is -0.327 e. The van der Waals surface area contributed by atoms with Crippen LogP contribution < -0.4 is 5.73 Å². The maximum Gasteiger partial charge on any atom is 0.0603 e. The fourth-order valence-electron chi connectivity index (χ4n) is 0.888. The Labute approximate surface area is 99.0 Å². The molecular formula is C10H13Cl2NS. The molecule has 1 aromatic rings. The van der Waals surface area contributed by atoms with Crippen LogP contribution >= 0.6 is 35.0 Å². The summed E-state index contributed by atoms with van der Waals surface area (Å²) < 4.78 is 0. The third kappa shape index (κ3) is 3.70. The summed E-state index contributed by atoms with van der Waals surface area (Å²) >= 11 is 13.4. The quantitative estimate of drug-likeness (QED) is 0.822. The number of benzene rings is 1. The van der Waals surface area contributed by atoms with Crippen molar-refractivity contribution in [1.29, 1.82) is 0 Å². The van der Waals surface area contributed by atoms with Gasteiger partial charge in [-0.05, 0) is 24.6 Å². The molecule has 0 aliphatic heterocycles. The minimum absolute atomic E-state index is 0.245. The predicted molar refractivity (Wildman–Crippen MR) is 65.5 cm³/mol. The number of halogens is 2. The van der Waals surface area contributed by atoms with E-state index in [1.54, 1.807) is 11.8 Å². The van der Waals surface area contributed by atoms with Crippen molar-refractivity contribution in [3.63, 3.8) is 0 Å². The van der Waals surface area contributed by atoms with Crippen molar-refractivity contribution in [1.82, 2.24) is 0 Å². The summed E-state index contributed by atoms with van der Waals surface area (Å²) in [5.41, 5.74) is 5.81. The van der Waals surface area contributed by atoms with Gasteiger partial charge in [-0.1, -0.05) is 30.1 Å². The molecule has 14 heavy (non-hydrogen) atoms. The average molecular weight is 250 g/mol. The summed E-state index contributed by atoms with van der Waals surface area (Å²) in [4.78, 5) is 1.11. The van der Waals surface area contributed by atoms with Crippen molar-refractivity contribution < 1.29 is 0 Å². The molecule has 78 valence electrons. The van der Waals surface area contributed by atoms with E-state index in [1.165, 1.54) is 0 Å².